The summed E-state index contributed by atoms with van der Waals surface area (Å²) in [4.78, 5) is 0. The lowest BCUT2D eigenvalue weighted by molar-refractivity contribution is -0.0510. The molecule has 0 radical (unpaired) electrons. The highest BCUT2D eigenvalue weighted by Crippen LogP contribution is 2.20. The van der Waals surface area contributed by atoms with Gasteiger partial charge in [0.15, 0.2) is 5.96 Å². The smallest absolute Gasteiger partial charge is 0.370 e. The fourth-order valence-electron chi connectivity index (χ4n) is 0.844. The van der Waals surface area contributed by atoms with E-state index in [1.807, 2.05) is 18.2 Å². The van der Waals surface area contributed by atoms with Crippen molar-refractivity contribution in [2.24, 2.45) is 5.73 Å². The molecular weight excluding hydrogens is 414 g/mol. The maximum absolute atomic E-state index is 10.7. The lowest BCUT2D eigenvalue weighted by atomic mass is 10.2. The molecule has 0 unspecified atom stereocenters. The van der Waals surface area contributed by atoms with Crippen LogP contribution in [0, 0.1) is 8.98 Å². The highest BCUT2D eigenvalue weighted by atomic mass is 127. The third kappa shape index (κ3) is 8.16. The van der Waals surface area contributed by atoms with Crippen LogP contribution in [0.5, 0.6) is 0 Å². The van der Waals surface area contributed by atoms with Crippen molar-refractivity contribution in [3.63, 3.8) is 0 Å². The van der Waals surface area contributed by atoms with E-state index in [1.54, 1.807) is 0 Å². The van der Waals surface area contributed by atoms with Crippen LogP contribution in [0.25, 0.3) is 0 Å². The summed E-state index contributed by atoms with van der Waals surface area (Å²) in [5.41, 5.74) is 0.750. The van der Waals surface area contributed by atoms with Gasteiger partial charge in [0.1, 0.15) is 0 Å². The van der Waals surface area contributed by atoms with E-state index in [-0.39, 0.29) is 5.96 Å². The molecule has 0 heterocycles. The second kappa shape index (κ2) is 7.64. The molecule has 0 aliphatic heterocycles. The van der Waals surface area contributed by atoms with Crippen molar-refractivity contribution in [3.8, 4) is 0 Å². The number of benzene rings is 1. The van der Waals surface area contributed by atoms with Crippen molar-refractivity contribution in [2.75, 3.05) is 0 Å². The normalized spacial score (nSPS) is 11.2. The molecule has 5 N–H and O–H groups in total. The maximum atomic E-state index is 10.7. The molecule has 0 saturated heterocycles. The van der Waals surface area contributed by atoms with E-state index in [4.69, 9.17) is 24.1 Å². The second-order valence-corrected chi connectivity index (χ2v) is 5.98. The number of alkyl halides is 3. The van der Waals surface area contributed by atoms with E-state index in [2.05, 4.69) is 34.0 Å². The van der Waals surface area contributed by atoms with E-state index in [1.165, 1.54) is 3.57 Å². The summed E-state index contributed by atoms with van der Waals surface area (Å²) in [6.07, 6.45) is 0. The van der Waals surface area contributed by atoms with E-state index in [0.29, 0.717) is 6.54 Å². The molecule has 114 valence electrons. The molecule has 0 saturated carbocycles. The van der Waals surface area contributed by atoms with Crippen molar-refractivity contribution in [1.29, 1.82) is 5.41 Å². The minimum atomic E-state index is -5.84. The van der Waals surface area contributed by atoms with Gasteiger partial charge in [0, 0.05) is 10.1 Å². The van der Waals surface area contributed by atoms with Crippen LogP contribution < -0.4 is 11.1 Å². The van der Waals surface area contributed by atoms with Gasteiger partial charge in [-0.05, 0) is 40.3 Å². The van der Waals surface area contributed by atoms with Gasteiger partial charge >= 0.3 is 15.6 Å². The highest BCUT2D eigenvalue weighted by molar-refractivity contribution is 14.1. The average molecular weight is 425 g/mol. The van der Waals surface area contributed by atoms with E-state index in [9.17, 15) is 13.2 Å². The third-order valence-corrected chi connectivity index (χ3v) is 2.92. The van der Waals surface area contributed by atoms with Gasteiger partial charge in [0.25, 0.3) is 0 Å². The number of nitrogens with one attached hydrogen (secondary N) is 2. The lowest BCUT2D eigenvalue weighted by Crippen LogP contribution is -2.29. The van der Waals surface area contributed by atoms with Crippen molar-refractivity contribution in [1.82, 2.24) is 5.32 Å². The summed E-state index contributed by atoms with van der Waals surface area (Å²) in [6.45, 7) is 0.617. The second-order valence-electron chi connectivity index (χ2n) is 3.32. The van der Waals surface area contributed by atoms with Gasteiger partial charge in [0.05, 0.1) is 0 Å². The number of rotatable bonds is 2. The number of hydrogen-bond acceptors (Lipinski definition) is 3. The Morgan fingerprint density at radius 3 is 2.30 bits per heavy atom. The van der Waals surface area contributed by atoms with Crippen LogP contribution in [-0.4, -0.2) is 24.4 Å². The predicted molar refractivity (Wildman–Crippen MR) is 75.5 cm³/mol. The van der Waals surface area contributed by atoms with E-state index >= 15 is 0 Å². The highest BCUT2D eigenvalue weighted by Gasteiger charge is 2.44. The van der Waals surface area contributed by atoms with Gasteiger partial charge in [-0.25, -0.2) is 0 Å². The molecular formula is C9H11F3IN3O3S. The topological polar surface area (TPSA) is 116 Å². The maximum Gasteiger partial charge on any atom is 0.522 e. The molecule has 0 bridgehead atoms. The van der Waals surface area contributed by atoms with Gasteiger partial charge in [-0.3, -0.25) is 9.96 Å². The van der Waals surface area contributed by atoms with Gasteiger partial charge in [0.2, 0.25) is 0 Å². The van der Waals surface area contributed by atoms with Crippen LogP contribution in [0.1, 0.15) is 5.56 Å². The zero-order chi connectivity index (χ0) is 16.0. The first-order valence-electron chi connectivity index (χ1n) is 4.79. The van der Waals surface area contributed by atoms with Crippen LogP contribution in [0.3, 0.4) is 0 Å². The first-order valence-corrected chi connectivity index (χ1v) is 7.31. The Kier molecular flexibility index (Phi) is 7.22. The van der Waals surface area contributed by atoms with E-state index in [0.717, 1.165) is 5.56 Å². The van der Waals surface area contributed by atoms with Crippen molar-refractivity contribution >= 4 is 38.7 Å². The van der Waals surface area contributed by atoms with Gasteiger partial charge < -0.3 is 11.1 Å². The van der Waals surface area contributed by atoms with Gasteiger partial charge in [-0.2, -0.15) is 21.6 Å². The van der Waals surface area contributed by atoms with Crippen molar-refractivity contribution in [3.05, 3.63) is 33.4 Å². The molecule has 0 spiro atoms. The van der Waals surface area contributed by atoms with Crippen LogP contribution in [0.2, 0.25) is 0 Å². The fraction of sp³-hybridized carbons (Fsp3) is 0.222. The van der Waals surface area contributed by atoms with Gasteiger partial charge in [-0.1, -0.05) is 12.1 Å². The quantitative estimate of drug-likeness (QED) is 0.189. The molecule has 0 aliphatic rings. The standard InChI is InChI=1S/C8H10IN3.CHF3O3S/c9-7-3-1-2-6(4-7)5-12-8(10)11;2-1(3,4)8(5,6)7/h1-4H,5H2,(H4,10,11,12);(H,5,6,7). The number of nitrogens with two attached hydrogens (primary N) is 1. The third-order valence-electron chi connectivity index (χ3n) is 1.66. The zero-order valence-corrected chi connectivity index (χ0v) is 12.8. The molecule has 1 aromatic carbocycles. The Morgan fingerprint density at radius 2 is 1.95 bits per heavy atom. The molecule has 0 aromatic heterocycles. The molecule has 1 rings (SSSR count). The number of halogens is 4. The molecule has 20 heavy (non-hydrogen) atoms. The Hall–Kier alpha value is -1.08. The fourth-order valence-corrected chi connectivity index (χ4v) is 1.45. The minimum Gasteiger partial charge on any atom is -0.370 e. The minimum absolute atomic E-state index is 0.00820. The summed E-state index contributed by atoms with van der Waals surface area (Å²) in [6, 6.07) is 8.06. The summed E-state index contributed by atoms with van der Waals surface area (Å²) in [5, 5.41) is 9.71. The van der Waals surface area contributed by atoms with Crippen LogP contribution in [-0.2, 0) is 16.7 Å². The predicted octanol–water partition coefficient (Wildman–Crippen LogP) is 1.67. The summed E-state index contributed by atoms with van der Waals surface area (Å²) in [5.74, 6) is 0.00820. The van der Waals surface area contributed by atoms with Crippen LogP contribution in [0.4, 0.5) is 13.2 Å². The molecule has 1 aromatic rings. The molecule has 0 amide bonds. The summed E-state index contributed by atoms with van der Waals surface area (Å²) in [7, 11) is -5.84. The Labute approximate surface area is 126 Å². The Balaban J connectivity index is 0.000000396. The zero-order valence-electron chi connectivity index (χ0n) is 9.78. The van der Waals surface area contributed by atoms with Crippen molar-refractivity contribution in [2.45, 2.75) is 12.1 Å². The Morgan fingerprint density at radius 1 is 1.45 bits per heavy atom. The molecule has 11 heteroatoms. The van der Waals surface area contributed by atoms with Crippen LogP contribution in [0.15, 0.2) is 24.3 Å². The summed E-state index contributed by atoms with van der Waals surface area (Å²) < 4.78 is 58.7. The monoisotopic (exact) mass is 425 g/mol. The van der Waals surface area contributed by atoms with Gasteiger partial charge in [-0.15, -0.1) is 0 Å². The first kappa shape index (κ1) is 18.9. The molecule has 0 atom stereocenters. The first-order chi connectivity index (χ1) is 8.93. The van der Waals surface area contributed by atoms with Crippen molar-refractivity contribution < 1.29 is 26.1 Å². The SMILES string of the molecule is N=C(N)NCc1cccc(I)c1.O=S(=O)(O)C(F)(F)F. The van der Waals surface area contributed by atoms with Crippen LogP contribution >= 0.6 is 22.6 Å². The number of guanidine groups is 1. The van der Waals surface area contributed by atoms with E-state index < -0.39 is 15.6 Å². The largest absolute Gasteiger partial charge is 0.522 e. The lowest BCUT2D eigenvalue weighted by Gasteiger charge is -2.03. The molecule has 0 aliphatic carbocycles. The number of hydrogen-bond donors (Lipinski definition) is 4. The Bertz CT molecular complexity index is 563. The average Bonchev–Trinajstić information content (AvgIpc) is 2.24. The molecule has 6 nitrogen and oxygen atoms in total. The molecule has 0 fully saturated rings. The summed E-state index contributed by atoms with van der Waals surface area (Å²) >= 11 is 2.25.